The number of hydrogen-bond donors (Lipinski definition) is 2. The fourth-order valence-electron chi connectivity index (χ4n) is 2.38. The van der Waals surface area contributed by atoms with E-state index in [1.54, 1.807) is 0 Å². The molecule has 1 aromatic rings. The molecule has 0 aromatic carbocycles. The Balaban J connectivity index is 1.98. The zero-order chi connectivity index (χ0) is 10.7. The minimum Gasteiger partial charge on any atom is -0.365 e. The van der Waals surface area contributed by atoms with E-state index in [4.69, 9.17) is 5.73 Å². The van der Waals surface area contributed by atoms with Crippen LogP contribution in [0.15, 0.2) is 18.3 Å². The fraction of sp³-hybridized carbons (Fsp3) is 0.667. The van der Waals surface area contributed by atoms with Crippen molar-refractivity contribution in [1.82, 2.24) is 9.88 Å². The molecule has 3 heteroatoms. The summed E-state index contributed by atoms with van der Waals surface area (Å²) in [5.74, 6) is 0. The van der Waals surface area contributed by atoms with Gasteiger partial charge in [0.25, 0.3) is 0 Å². The number of nitrogens with zero attached hydrogens (tertiary/aromatic N) is 1. The van der Waals surface area contributed by atoms with Gasteiger partial charge in [0.1, 0.15) is 0 Å². The van der Waals surface area contributed by atoms with Crippen molar-refractivity contribution in [2.75, 3.05) is 13.1 Å². The summed E-state index contributed by atoms with van der Waals surface area (Å²) in [4.78, 5) is 5.64. The summed E-state index contributed by atoms with van der Waals surface area (Å²) in [6.45, 7) is 4.43. The summed E-state index contributed by atoms with van der Waals surface area (Å²) < 4.78 is 0. The van der Waals surface area contributed by atoms with Crippen LogP contribution in [0, 0.1) is 0 Å². The van der Waals surface area contributed by atoms with E-state index in [0.29, 0.717) is 0 Å². The number of aromatic nitrogens is 1. The lowest BCUT2D eigenvalue weighted by Crippen LogP contribution is -2.56. The van der Waals surface area contributed by atoms with Crippen molar-refractivity contribution in [3.8, 4) is 0 Å². The molecule has 1 aromatic heterocycles. The van der Waals surface area contributed by atoms with E-state index in [-0.39, 0.29) is 5.66 Å². The highest BCUT2D eigenvalue weighted by Gasteiger charge is 2.28. The summed E-state index contributed by atoms with van der Waals surface area (Å²) in [7, 11) is 0. The summed E-state index contributed by atoms with van der Waals surface area (Å²) in [5, 5.41) is 0. The molecule has 0 spiro atoms. The van der Waals surface area contributed by atoms with Gasteiger partial charge in [0.05, 0.1) is 5.66 Å². The average molecular weight is 207 g/mol. The molecule has 0 radical (unpaired) electrons. The van der Waals surface area contributed by atoms with Crippen molar-refractivity contribution in [3.63, 3.8) is 0 Å². The predicted octanol–water partition coefficient (Wildman–Crippen LogP) is 1.72. The third-order valence-electron chi connectivity index (χ3n) is 3.29. The lowest BCUT2D eigenvalue weighted by molar-refractivity contribution is 0.0849. The van der Waals surface area contributed by atoms with E-state index in [1.807, 2.05) is 12.3 Å². The highest BCUT2D eigenvalue weighted by molar-refractivity contribution is 5.07. The topological polar surface area (TPSA) is 45.1 Å². The van der Waals surface area contributed by atoms with Crippen LogP contribution in [0.3, 0.4) is 0 Å². The third kappa shape index (κ3) is 2.61. The van der Waals surface area contributed by atoms with E-state index in [0.717, 1.165) is 19.5 Å². The molecule has 1 unspecified atom stereocenters. The fourth-order valence-corrected chi connectivity index (χ4v) is 2.38. The molecule has 1 atom stereocenters. The van der Waals surface area contributed by atoms with Gasteiger partial charge < -0.3 is 10.7 Å². The molecule has 2 heterocycles. The maximum absolute atomic E-state index is 6.39. The zero-order valence-electron chi connectivity index (χ0n) is 9.50. The lowest BCUT2D eigenvalue weighted by atomic mass is 10.0. The SMILES string of the molecule is CC(N)(Cc1ccc[nH]1)N1CCCCC1. The van der Waals surface area contributed by atoms with Gasteiger partial charge in [-0.15, -0.1) is 0 Å². The molecule has 0 aliphatic carbocycles. The van der Waals surface area contributed by atoms with Crippen LogP contribution in [0.4, 0.5) is 0 Å². The monoisotopic (exact) mass is 207 g/mol. The van der Waals surface area contributed by atoms with Crippen molar-refractivity contribution in [1.29, 1.82) is 0 Å². The molecule has 1 saturated heterocycles. The van der Waals surface area contributed by atoms with Crippen LogP contribution in [0.5, 0.6) is 0 Å². The van der Waals surface area contributed by atoms with E-state index < -0.39 is 0 Å². The highest BCUT2D eigenvalue weighted by atomic mass is 15.3. The summed E-state index contributed by atoms with van der Waals surface area (Å²) in [6, 6.07) is 4.14. The summed E-state index contributed by atoms with van der Waals surface area (Å²) in [6.07, 6.45) is 6.80. The number of likely N-dealkylation sites (tertiary alicyclic amines) is 1. The van der Waals surface area contributed by atoms with Crippen molar-refractivity contribution >= 4 is 0 Å². The van der Waals surface area contributed by atoms with Gasteiger partial charge in [-0.2, -0.15) is 0 Å². The summed E-state index contributed by atoms with van der Waals surface area (Å²) >= 11 is 0. The van der Waals surface area contributed by atoms with Gasteiger partial charge in [-0.05, 0) is 45.0 Å². The van der Waals surface area contributed by atoms with Gasteiger partial charge in [0, 0.05) is 18.3 Å². The molecule has 1 fully saturated rings. The van der Waals surface area contributed by atoms with Crippen LogP contribution in [0.1, 0.15) is 31.9 Å². The molecular weight excluding hydrogens is 186 g/mol. The number of rotatable bonds is 3. The Hall–Kier alpha value is -0.800. The minimum atomic E-state index is -0.203. The second-order valence-electron chi connectivity index (χ2n) is 4.78. The van der Waals surface area contributed by atoms with Crippen LogP contribution in [-0.2, 0) is 6.42 Å². The zero-order valence-corrected chi connectivity index (χ0v) is 9.50. The van der Waals surface area contributed by atoms with Crippen molar-refractivity contribution in [2.24, 2.45) is 5.73 Å². The normalized spacial score (nSPS) is 22.5. The number of aromatic amines is 1. The van der Waals surface area contributed by atoms with Gasteiger partial charge in [0.2, 0.25) is 0 Å². The van der Waals surface area contributed by atoms with Crippen LogP contribution in [0.25, 0.3) is 0 Å². The van der Waals surface area contributed by atoms with Crippen molar-refractivity contribution in [3.05, 3.63) is 24.0 Å². The minimum absolute atomic E-state index is 0.203. The molecule has 1 aliphatic rings. The molecule has 3 N–H and O–H groups in total. The second-order valence-corrected chi connectivity index (χ2v) is 4.78. The first kappa shape index (κ1) is 10.7. The highest BCUT2D eigenvalue weighted by Crippen LogP contribution is 2.19. The van der Waals surface area contributed by atoms with Crippen LogP contribution in [-0.4, -0.2) is 28.6 Å². The number of nitrogens with one attached hydrogen (secondary N) is 1. The van der Waals surface area contributed by atoms with Crippen LogP contribution < -0.4 is 5.73 Å². The Morgan fingerprint density at radius 1 is 1.40 bits per heavy atom. The molecule has 15 heavy (non-hydrogen) atoms. The Bertz CT molecular complexity index is 284. The Labute approximate surface area is 91.7 Å². The van der Waals surface area contributed by atoms with Gasteiger partial charge in [-0.3, -0.25) is 4.90 Å². The van der Waals surface area contributed by atoms with Gasteiger partial charge >= 0.3 is 0 Å². The van der Waals surface area contributed by atoms with E-state index in [2.05, 4.69) is 22.9 Å². The van der Waals surface area contributed by atoms with Gasteiger partial charge in [-0.1, -0.05) is 6.42 Å². The van der Waals surface area contributed by atoms with Gasteiger partial charge in [0.15, 0.2) is 0 Å². The Morgan fingerprint density at radius 2 is 2.13 bits per heavy atom. The molecule has 3 nitrogen and oxygen atoms in total. The molecule has 84 valence electrons. The molecule has 2 rings (SSSR count). The number of H-pyrrole nitrogens is 1. The van der Waals surface area contributed by atoms with E-state index in [9.17, 15) is 0 Å². The van der Waals surface area contributed by atoms with E-state index in [1.165, 1.54) is 25.0 Å². The first-order valence-electron chi connectivity index (χ1n) is 5.85. The number of nitrogens with two attached hydrogens (primary N) is 1. The molecule has 0 saturated carbocycles. The quantitative estimate of drug-likeness (QED) is 0.792. The molecule has 0 amide bonds. The van der Waals surface area contributed by atoms with Crippen LogP contribution in [0.2, 0.25) is 0 Å². The second kappa shape index (κ2) is 4.37. The molecular formula is C12H21N3. The number of hydrogen-bond acceptors (Lipinski definition) is 2. The largest absolute Gasteiger partial charge is 0.365 e. The standard InChI is InChI=1S/C12H21N3/c1-12(13,10-11-6-5-7-14-11)15-8-3-2-4-9-15/h5-7,14H,2-4,8-10,13H2,1H3. The lowest BCUT2D eigenvalue weighted by Gasteiger charge is -2.40. The smallest absolute Gasteiger partial charge is 0.0713 e. The molecule has 0 bridgehead atoms. The summed E-state index contributed by atoms with van der Waals surface area (Å²) in [5.41, 5.74) is 7.41. The third-order valence-corrected chi connectivity index (χ3v) is 3.29. The maximum Gasteiger partial charge on any atom is 0.0713 e. The Kier molecular flexibility index (Phi) is 3.12. The first-order valence-corrected chi connectivity index (χ1v) is 5.85. The maximum atomic E-state index is 6.39. The average Bonchev–Trinajstić information content (AvgIpc) is 2.71. The number of piperidine rings is 1. The van der Waals surface area contributed by atoms with Gasteiger partial charge in [-0.25, -0.2) is 0 Å². The first-order chi connectivity index (χ1) is 7.18. The predicted molar refractivity (Wildman–Crippen MR) is 62.5 cm³/mol. The van der Waals surface area contributed by atoms with Crippen molar-refractivity contribution in [2.45, 2.75) is 38.3 Å². The van der Waals surface area contributed by atoms with Crippen molar-refractivity contribution < 1.29 is 0 Å². The van der Waals surface area contributed by atoms with E-state index >= 15 is 0 Å². The van der Waals surface area contributed by atoms with Crippen LogP contribution >= 0.6 is 0 Å². The molecule has 1 aliphatic heterocycles. The Morgan fingerprint density at radius 3 is 2.73 bits per heavy atom.